The Bertz CT molecular complexity index is 1320. The molecule has 0 bridgehead atoms. The summed E-state index contributed by atoms with van der Waals surface area (Å²) in [5, 5.41) is 2.74. The summed E-state index contributed by atoms with van der Waals surface area (Å²) in [5.41, 5.74) is 3.98. The first-order valence-corrected chi connectivity index (χ1v) is 10.4. The maximum atomic E-state index is 12.7. The van der Waals surface area contributed by atoms with Crippen molar-refractivity contribution in [1.29, 1.82) is 0 Å². The van der Waals surface area contributed by atoms with Crippen LogP contribution in [-0.4, -0.2) is 28.4 Å². The van der Waals surface area contributed by atoms with Crippen molar-refractivity contribution in [3.05, 3.63) is 102 Å². The van der Waals surface area contributed by atoms with Crippen LogP contribution in [0.15, 0.2) is 79.1 Å². The number of benzene rings is 2. The molecule has 4 rings (SSSR count). The molecule has 0 fully saturated rings. The lowest BCUT2D eigenvalue weighted by atomic mass is 10.1. The molecule has 7 nitrogen and oxygen atoms in total. The topological polar surface area (TPSA) is 81.9 Å². The van der Waals surface area contributed by atoms with Crippen molar-refractivity contribution in [3.63, 3.8) is 0 Å². The van der Waals surface area contributed by atoms with E-state index in [0.717, 1.165) is 22.5 Å². The highest BCUT2D eigenvalue weighted by atomic mass is 16.5. The molecule has 2 aromatic carbocycles. The quantitative estimate of drug-likeness (QED) is 0.333. The number of carbonyl (C=O) groups excluding carboxylic acids is 2. The van der Waals surface area contributed by atoms with E-state index >= 15 is 0 Å². The summed E-state index contributed by atoms with van der Waals surface area (Å²) < 4.78 is 12.5. The second-order valence-electron chi connectivity index (χ2n) is 7.37. The summed E-state index contributed by atoms with van der Waals surface area (Å²) in [4.78, 5) is 29.6. The van der Waals surface area contributed by atoms with E-state index in [1.165, 1.54) is 6.08 Å². The maximum Gasteiger partial charge on any atom is 0.340 e. The number of pyridine rings is 1. The van der Waals surface area contributed by atoms with Crippen molar-refractivity contribution < 1.29 is 19.1 Å². The van der Waals surface area contributed by atoms with Crippen LogP contribution in [0.4, 0.5) is 5.69 Å². The third-order valence-electron chi connectivity index (χ3n) is 5.03. The predicted molar refractivity (Wildman–Crippen MR) is 126 cm³/mol. The molecule has 0 aliphatic heterocycles. The van der Waals surface area contributed by atoms with Gasteiger partial charge in [-0.05, 0) is 54.5 Å². The number of esters is 1. The number of nitrogens with zero attached hydrogens (tertiary/aromatic N) is 2. The first-order chi connectivity index (χ1) is 16.0. The first kappa shape index (κ1) is 21.8. The second kappa shape index (κ2) is 9.82. The van der Waals surface area contributed by atoms with Gasteiger partial charge in [-0.1, -0.05) is 30.3 Å². The van der Waals surface area contributed by atoms with Gasteiger partial charge >= 0.3 is 5.97 Å². The van der Waals surface area contributed by atoms with E-state index in [-0.39, 0.29) is 18.1 Å². The van der Waals surface area contributed by atoms with Crippen LogP contribution in [0.3, 0.4) is 0 Å². The van der Waals surface area contributed by atoms with Gasteiger partial charge in [-0.3, -0.25) is 4.79 Å². The Morgan fingerprint density at radius 3 is 2.61 bits per heavy atom. The highest BCUT2D eigenvalue weighted by molar-refractivity contribution is 6.06. The summed E-state index contributed by atoms with van der Waals surface area (Å²) >= 11 is 0. The zero-order chi connectivity index (χ0) is 23.2. The number of aromatic nitrogens is 2. The number of anilines is 1. The number of aryl methyl sites for hydroxylation is 1. The number of para-hydroxylation sites is 1. The number of carbonyl (C=O) groups is 2. The molecule has 4 aromatic rings. The zero-order valence-electron chi connectivity index (χ0n) is 18.3. The number of nitrogens with one attached hydrogen (secondary N) is 1. The van der Waals surface area contributed by atoms with Gasteiger partial charge in [0.15, 0.2) is 0 Å². The fourth-order valence-electron chi connectivity index (χ4n) is 3.32. The lowest BCUT2D eigenvalue weighted by Gasteiger charge is -2.09. The molecule has 2 aromatic heterocycles. The van der Waals surface area contributed by atoms with Gasteiger partial charge < -0.3 is 19.2 Å². The molecule has 33 heavy (non-hydrogen) atoms. The van der Waals surface area contributed by atoms with Gasteiger partial charge in [-0.25, -0.2) is 9.78 Å². The average Bonchev–Trinajstić information content (AvgIpc) is 3.26. The average molecular weight is 441 g/mol. The van der Waals surface area contributed by atoms with Gasteiger partial charge in [0, 0.05) is 18.5 Å². The van der Waals surface area contributed by atoms with E-state index in [1.54, 1.807) is 37.5 Å². The van der Waals surface area contributed by atoms with Gasteiger partial charge in [-0.2, -0.15) is 0 Å². The number of hydrogen-bond donors (Lipinski definition) is 1. The van der Waals surface area contributed by atoms with Crippen LogP contribution < -0.4 is 10.1 Å². The third kappa shape index (κ3) is 5.27. The number of hydrogen-bond acceptors (Lipinski definition) is 5. The molecular weight excluding hydrogens is 418 g/mol. The van der Waals surface area contributed by atoms with E-state index in [1.807, 2.05) is 60.1 Å². The molecular formula is C26H23N3O4. The minimum atomic E-state index is -0.543. The van der Waals surface area contributed by atoms with E-state index in [0.29, 0.717) is 11.4 Å². The van der Waals surface area contributed by atoms with Crippen LogP contribution in [0.1, 0.15) is 27.2 Å². The largest absolute Gasteiger partial charge is 0.497 e. The number of rotatable bonds is 7. The fraction of sp³-hybridized carbons (Fsp3) is 0.115. The van der Waals surface area contributed by atoms with Crippen molar-refractivity contribution in [3.8, 4) is 5.75 Å². The number of imidazole rings is 1. The Morgan fingerprint density at radius 2 is 1.85 bits per heavy atom. The smallest absolute Gasteiger partial charge is 0.340 e. The van der Waals surface area contributed by atoms with Crippen molar-refractivity contribution in [2.75, 3.05) is 12.4 Å². The Balaban J connectivity index is 1.41. The molecule has 0 atom stereocenters. The van der Waals surface area contributed by atoms with Crippen molar-refractivity contribution in [1.82, 2.24) is 9.38 Å². The molecule has 0 aliphatic rings. The minimum absolute atomic E-state index is 0.0274. The van der Waals surface area contributed by atoms with E-state index in [4.69, 9.17) is 9.47 Å². The first-order valence-electron chi connectivity index (χ1n) is 10.4. The minimum Gasteiger partial charge on any atom is -0.497 e. The van der Waals surface area contributed by atoms with Crippen LogP contribution >= 0.6 is 0 Å². The molecule has 0 radical (unpaired) electrons. The predicted octanol–water partition coefficient (Wildman–Crippen LogP) is 4.66. The van der Waals surface area contributed by atoms with Gasteiger partial charge in [0.05, 0.1) is 24.1 Å². The van der Waals surface area contributed by atoms with Gasteiger partial charge in [-0.15, -0.1) is 0 Å². The summed E-state index contributed by atoms with van der Waals surface area (Å²) in [5.74, 6) is -0.163. The summed E-state index contributed by atoms with van der Waals surface area (Å²) in [6.45, 7) is 2.00. The van der Waals surface area contributed by atoms with Crippen molar-refractivity contribution in [2.24, 2.45) is 0 Å². The Morgan fingerprint density at radius 1 is 1.06 bits per heavy atom. The highest BCUT2D eigenvalue weighted by Gasteiger charge is 2.15. The Kier molecular flexibility index (Phi) is 6.50. The van der Waals surface area contributed by atoms with E-state index in [2.05, 4.69) is 10.3 Å². The lowest BCUT2D eigenvalue weighted by molar-refractivity contribution is -0.111. The Labute approximate surface area is 191 Å². The van der Waals surface area contributed by atoms with Gasteiger partial charge in [0.2, 0.25) is 5.91 Å². The van der Waals surface area contributed by atoms with E-state index in [9.17, 15) is 9.59 Å². The second-order valence-corrected chi connectivity index (χ2v) is 7.37. The molecule has 1 N–H and O–H groups in total. The molecule has 0 unspecified atom stereocenters. The molecule has 0 aliphatic carbocycles. The number of amides is 1. The van der Waals surface area contributed by atoms with Crippen LogP contribution in [0.2, 0.25) is 0 Å². The van der Waals surface area contributed by atoms with Crippen molar-refractivity contribution >= 4 is 29.3 Å². The van der Waals surface area contributed by atoms with Crippen LogP contribution in [0.5, 0.6) is 5.75 Å². The summed E-state index contributed by atoms with van der Waals surface area (Å²) in [6.07, 6.45) is 6.81. The third-order valence-corrected chi connectivity index (χ3v) is 5.03. The monoisotopic (exact) mass is 441 g/mol. The lowest BCUT2D eigenvalue weighted by Crippen LogP contribution is -2.13. The number of ether oxygens (including phenoxy) is 2. The molecule has 0 spiro atoms. The summed E-state index contributed by atoms with van der Waals surface area (Å²) in [6, 6.07) is 17.9. The SMILES string of the molecule is COc1ccc(/C=C/C(=O)Nc2ccccc2C(=O)OCc2cn3cccc(C)c3n2)cc1. The summed E-state index contributed by atoms with van der Waals surface area (Å²) in [7, 11) is 1.60. The number of methoxy groups -OCH3 is 1. The van der Waals surface area contributed by atoms with Crippen LogP contribution in [0, 0.1) is 6.92 Å². The molecule has 2 heterocycles. The maximum absolute atomic E-state index is 12.7. The van der Waals surface area contributed by atoms with Crippen LogP contribution in [0.25, 0.3) is 11.7 Å². The van der Waals surface area contributed by atoms with Crippen molar-refractivity contribution in [2.45, 2.75) is 13.5 Å². The van der Waals surface area contributed by atoms with E-state index < -0.39 is 5.97 Å². The molecule has 7 heteroatoms. The fourth-order valence-corrected chi connectivity index (χ4v) is 3.32. The molecule has 166 valence electrons. The molecule has 1 amide bonds. The standard InChI is InChI=1S/C26H23N3O4/c1-18-6-5-15-29-16-20(27-25(18)29)17-33-26(31)22-7-3-4-8-23(22)28-24(30)14-11-19-9-12-21(32-2)13-10-19/h3-16H,17H2,1-2H3,(H,28,30)/b14-11+. The number of fused-ring (bicyclic) bond motifs is 1. The van der Waals surface area contributed by atoms with Gasteiger partial charge in [0.25, 0.3) is 0 Å². The highest BCUT2D eigenvalue weighted by Crippen LogP contribution is 2.18. The van der Waals surface area contributed by atoms with Gasteiger partial charge in [0.1, 0.15) is 18.0 Å². The zero-order valence-corrected chi connectivity index (χ0v) is 18.3. The Hall–Kier alpha value is -4.39. The molecule has 0 saturated heterocycles. The van der Waals surface area contributed by atoms with Crippen LogP contribution in [-0.2, 0) is 16.1 Å². The molecule has 0 saturated carbocycles. The normalized spacial score (nSPS) is 11.0.